The summed E-state index contributed by atoms with van der Waals surface area (Å²) < 4.78 is 0. The fourth-order valence-corrected chi connectivity index (χ4v) is 3.46. The number of nitrogens with zero attached hydrogens (tertiary/aromatic N) is 1. The van der Waals surface area contributed by atoms with Gasteiger partial charge in [0, 0.05) is 18.4 Å². The minimum Gasteiger partial charge on any atom is -0.313 e. The van der Waals surface area contributed by atoms with Crippen LogP contribution in [-0.4, -0.2) is 17.6 Å². The van der Waals surface area contributed by atoms with Gasteiger partial charge in [0.1, 0.15) is 0 Å². The van der Waals surface area contributed by atoms with Crippen LogP contribution in [0.5, 0.6) is 0 Å². The highest BCUT2D eigenvalue weighted by Gasteiger charge is 2.29. The Morgan fingerprint density at radius 2 is 1.95 bits per heavy atom. The van der Waals surface area contributed by atoms with Gasteiger partial charge >= 0.3 is 0 Å². The van der Waals surface area contributed by atoms with Crippen LogP contribution in [-0.2, 0) is 6.42 Å². The van der Waals surface area contributed by atoms with Crippen LogP contribution in [0, 0.1) is 17.8 Å². The summed E-state index contributed by atoms with van der Waals surface area (Å²) in [4.78, 5) is 4.13. The highest BCUT2D eigenvalue weighted by atomic mass is 14.9. The van der Waals surface area contributed by atoms with Crippen LogP contribution in [0.2, 0.25) is 0 Å². The molecule has 0 aliphatic heterocycles. The number of nitrogens with one attached hydrogen (secondary N) is 1. The van der Waals surface area contributed by atoms with E-state index in [1.807, 2.05) is 12.4 Å². The third-order valence-corrected chi connectivity index (χ3v) is 5.07. The van der Waals surface area contributed by atoms with E-state index in [1.54, 1.807) is 0 Å². The smallest absolute Gasteiger partial charge is 0.0270 e. The van der Waals surface area contributed by atoms with Crippen molar-refractivity contribution in [3.63, 3.8) is 0 Å². The number of pyridine rings is 1. The van der Waals surface area contributed by atoms with Crippen molar-refractivity contribution in [2.75, 3.05) is 6.54 Å². The SMILES string of the molecule is CCCNC(Cc1ccncc1)C1CCC(C)C(C)C1. The molecule has 0 amide bonds. The van der Waals surface area contributed by atoms with Gasteiger partial charge in [0.2, 0.25) is 0 Å². The molecule has 2 rings (SSSR count). The Balaban J connectivity index is 1.99. The molecule has 0 aromatic carbocycles. The second-order valence-electron chi connectivity index (χ2n) is 6.65. The number of hydrogen-bond acceptors (Lipinski definition) is 2. The third-order valence-electron chi connectivity index (χ3n) is 5.07. The number of hydrogen-bond donors (Lipinski definition) is 1. The second-order valence-corrected chi connectivity index (χ2v) is 6.65. The summed E-state index contributed by atoms with van der Waals surface area (Å²) >= 11 is 0. The molecule has 1 aliphatic carbocycles. The molecule has 1 aliphatic rings. The lowest BCUT2D eigenvalue weighted by Gasteiger charge is -2.37. The van der Waals surface area contributed by atoms with E-state index in [1.165, 1.54) is 31.2 Å². The molecule has 112 valence electrons. The van der Waals surface area contributed by atoms with Crippen molar-refractivity contribution in [2.45, 2.75) is 58.9 Å². The Morgan fingerprint density at radius 1 is 1.20 bits per heavy atom. The van der Waals surface area contributed by atoms with E-state index in [9.17, 15) is 0 Å². The van der Waals surface area contributed by atoms with Crippen LogP contribution in [0.4, 0.5) is 0 Å². The fourth-order valence-electron chi connectivity index (χ4n) is 3.46. The molecule has 1 aromatic heterocycles. The predicted molar refractivity (Wildman–Crippen MR) is 85.7 cm³/mol. The molecular weight excluding hydrogens is 244 g/mol. The van der Waals surface area contributed by atoms with Crippen LogP contribution >= 0.6 is 0 Å². The van der Waals surface area contributed by atoms with Crippen LogP contribution in [0.3, 0.4) is 0 Å². The zero-order valence-corrected chi connectivity index (χ0v) is 13.3. The first kappa shape index (κ1) is 15.5. The van der Waals surface area contributed by atoms with Crippen LogP contribution in [0.25, 0.3) is 0 Å². The maximum absolute atomic E-state index is 4.13. The molecule has 20 heavy (non-hydrogen) atoms. The molecule has 4 atom stereocenters. The van der Waals surface area contributed by atoms with Gasteiger partial charge in [0.25, 0.3) is 0 Å². The van der Waals surface area contributed by atoms with E-state index in [4.69, 9.17) is 0 Å². The fraction of sp³-hybridized carbons (Fsp3) is 0.722. The summed E-state index contributed by atoms with van der Waals surface area (Å²) in [6.45, 7) is 8.23. The van der Waals surface area contributed by atoms with Gasteiger partial charge in [-0.3, -0.25) is 4.98 Å². The summed E-state index contributed by atoms with van der Waals surface area (Å²) in [6.07, 6.45) is 10.4. The Hall–Kier alpha value is -0.890. The van der Waals surface area contributed by atoms with E-state index in [0.717, 1.165) is 30.7 Å². The van der Waals surface area contributed by atoms with Crippen molar-refractivity contribution in [3.05, 3.63) is 30.1 Å². The molecule has 0 saturated heterocycles. The molecule has 1 heterocycles. The maximum atomic E-state index is 4.13. The second kappa shape index (κ2) is 7.78. The van der Waals surface area contributed by atoms with E-state index >= 15 is 0 Å². The van der Waals surface area contributed by atoms with E-state index in [2.05, 4.69) is 43.2 Å². The molecule has 0 spiro atoms. The van der Waals surface area contributed by atoms with Crippen LogP contribution in [0.1, 0.15) is 52.0 Å². The van der Waals surface area contributed by atoms with Gasteiger partial charge < -0.3 is 5.32 Å². The average Bonchev–Trinajstić information content (AvgIpc) is 2.47. The molecular formula is C18H30N2. The van der Waals surface area contributed by atoms with Gasteiger partial charge in [0.05, 0.1) is 0 Å². The maximum Gasteiger partial charge on any atom is 0.0270 e. The van der Waals surface area contributed by atoms with E-state index in [-0.39, 0.29) is 0 Å². The Kier molecular flexibility index (Phi) is 6.03. The highest BCUT2D eigenvalue weighted by Crippen LogP contribution is 2.35. The minimum absolute atomic E-state index is 0.632. The molecule has 2 nitrogen and oxygen atoms in total. The zero-order valence-electron chi connectivity index (χ0n) is 13.3. The predicted octanol–water partition coefficient (Wildman–Crippen LogP) is 4.06. The van der Waals surface area contributed by atoms with Crippen LogP contribution in [0.15, 0.2) is 24.5 Å². The zero-order chi connectivity index (χ0) is 14.4. The van der Waals surface area contributed by atoms with Gasteiger partial charge in [0.15, 0.2) is 0 Å². The monoisotopic (exact) mass is 274 g/mol. The van der Waals surface area contributed by atoms with Crippen LogP contribution < -0.4 is 5.32 Å². The summed E-state index contributed by atoms with van der Waals surface area (Å²) in [5, 5.41) is 3.80. The highest BCUT2D eigenvalue weighted by molar-refractivity contribution is 5.12. The van der Waals surface area contributed by atoms with Crippen molar-refractivity contribution >= 4 is 0 Å². The Labute approximate surface area is 124 Å². The Bertz CT molecular complexity index is 376. The number of rotatable bonds is 6. The van der Waals surface area contributed by atoms with Crippen molar-refractivity contribution in [2.24, 2.45) is 17.8 Å². The molecule has 1 N–H and O–H groups in total. The quantitative estimate of drug-likeness (QED) is 0.846. The van der Waals surface area contributed by atoms with Crippen molar-refractivity contribution in [3.8, 4) is 0 Å². The molecule has 4 unspecified atom stereocenters. The molecule has 1 fully saturated rings. The van der Waals surface area contributed by atoms with Crippen molar-refractivity contribution in [1.29, 1.82) is 0 Å². The first-order valence-electron chi connectivity index (χ1n) is 8.33. The summed E-state index contributed by atoms with van der Waals surface area (Å²) in [5.74, 6) is 2.61. The number of aromatic nitrogens is 1. The van der Waals surface area contributed by atoms with E-state index < -0.39 is 0 Å². The average molecular weight is 274 g/mol. The normalized spacial score (nSPS) is 28.2. The topological polar surface area (TPSA) is 24.9 Å². The van der Waals surface area contributed by atoms with Crippen molar-refractivity contribution < 1.29 is 0 Å². The first-order chi connectivity index (χ1) is 9.70. The summed E-state index contributed by atoms with van der Waals surface area (Å²) in [7, 11) is 0. The van der Waals surface area contributed by atoms with Gasteiger partial charge in [-0.15, -0.1) is 0 Å². The van der Waals surface area contributed by atoms with Gasteiger partial charge in [-0.1, -0.05) is 27.2 Å². The minimum atomic E-state index is 0.632. The Morgan fingerprint density at radius 3 is 2.60 bits per heavy atom. The van der Waals surface area contributed by atoms with Gasteiger partial charge in [-0.2, -0.15) is 0 Å². The molecule has 0 bridgehead atoms. The largest absolute Gasteiger partial charge is 0.313 e. The first-order valence-corrected chi connectivity index (χ1v) is 8.33. The molecule has 1 aromatic rings. The lowest BCUT2D eigenvalue weighted by molar-refractivity contribution is 0.170. The molecule has 0 radical (unpaired) electrons. The third kappa shape index (κ3) is 4.31. The summed E-state index contributed by atoms with van der Waals surface area (Å²) in [5.41, 5.74) is 1.42. The lowest BCUT2D eigenvalue weighted by Crippen LogP contribution is -2.41. The standard InChI is InChI=1S/C18H30N2/c1-4-9-20-18(13-16-7-10-19-11-8-16)17-6-5-14(2)15(3)12-17/h7-8,10-11,14-15,17-18,20H,4-6,9,12-13H2,1-3H3. The van der Waals surface area contributed by atoms with E-state index in [0.29, 0.717) is 6.04 Å². The van der Waals surface area contributed by atoms with Crippen molar-refractivity contribution in [1.82, 2.24) is 10.3 Å². The molecule has 2 heteroatoms. The lowest BCUT2D eigenvalue weighted by atomic mass is 9.72. The van der Waals surface area contributed by atoms with Gasteiger partial charge in [-0.25, -0.2) is 0 Å². The van der Waals surface area contributed by atoms with Gasteiger partial charge in [-0.05, 0) is 67.7 Å². The molecule has 1 saturated carbocycles. The summed E-state index contributed by atoms with van der Waals surface area (Å²) in [6, 6.07) is 4.96.